The number of benzene rings is 1. The molecular formula is C15H21N3O3S. The highest BCUT2D eigenvalue weighted by molar-refractivity contribution is 7.99. The first-order valence-corrected chi connectivity index (χ1v) is 8.56. The van der Waals surface area contributed by atoms with Crippen LogP contribution < -0.4 is 5.32 Å². The molecule has 1 aliphatic rings. The summed E-state index contributed by atoms with van der Waals surface area (Å²) >= 11 is 1.88. The number of anilines is 1. The number of nitrogens with one attached hydrogen (secondary N) is 1. The quantitative estimate of drug-likeness (QED) is 0.643. The summed E-state index contributed by atoms with van der Waals surface area (Å²) in [6.45, 7) is 0.248. The summed E-state index contributed by atoms with van der Waals surface area (Å²) in [5.41, 5.74) is 0.168. The van der Waals surface area contributed by atoms with Crippen molar-refractivity contribution in [2.24, 2.45) is 0 Å². The predicted molar refractivity (Wildman–Crippen MR) is 89.3 cm³/mol. The van der Waals surface area contributed by atoms with E-state index in [0.29, 0.717) is 11.3 Å². The van der Waals surface area contributed by atoms with Crippen LogP contribution in [0.1, 0.15) is 19.3 Å². The number of likely N-dealkylation sites (N-methyl/N-ethyl adjacent to an activating group) is 1. The minimum atomic E-state index is -0.487. The third-order valence-corrected chi connectivity index (χ3v) is 5.18. The lowest BCUT2D eigenvalue weighted by Crippen LogP contribution is -2.36. The summed E-state index contributed by atoms with van der Waals surface area (Å²) < 4.78 is 0. The standard InChI is InChI=1S/C15H21N3O3S/c1-17(11-7-8-12(9-11)22-2)10-15(19)16-13-5-3-4-6-14(13)18(20)21/h3-6,11-12H,7-10H2,1-2H3,(H,16,19)/t11-,12+/m1/s1. The molecule has 0 aromatic heterocycles. The lowest BCUT2D eigenvalue weighted by Gasteiger charge is -2.23. The van der Waals surface area contributed by atoms with Gasteiger partial charge in [0.2, 0.25) is 5.91 Å². The van der Waals surface area contributed by atoms with E-state index in [1.165, 1.54) is 12.5 Å². The summed E-state index contributed by atoms with van der Waals surface area (Å²) in [4.78, 5) is 24.6. The van der Waals surface area contributed by atoms with Crippen LogP contribution in [0.4, 0.5) is 11.4 Å². The number of rotatable bonds is 6. The van der Waals surface area contributed by atoms with E-state index in [9.17, 15) is 14.9 Å². The van der Waals surface area contributed by atoms with Gasteiger partial charge in [0.15, 0.2) is 0 Å². The number of thioether (sulfide) groups is 1. The first kappa shape index (κ1) is 16.8. The molecule has 6 nitrogen and oxygen atoms in total. The number of nitro benzene ring substituents is 1. The summed E-state index contributed by atoms with van der Waals surface area (Å²) in [5.74, 6) is -0.218. The number of carbonyl (C=O) groups is 1. The Kier molecular flexibility index (Phi) is 5.79. The molecule has 1 aliphatic carbocycles. The topological polar surface area (TPSA) is 75.5 Å². The van der Waals surface area contributed by atoms with Gasteiger partial charge in [-0.3, -0.25) is 19.8 Å². The van der Waals surface area contributed by atoms with Gasteiger partial charge in [0.05, 0.1) is 11.5 Å². The van der Waals surface area contributed by atoms with E-state index in [4.69, 9.17) is 0 Å². The molecule has 1 aromatic rings. The molecule has 1 saturated carbocycles. The molecule has 2 atom stereocenters. The Morgan fingerprint density at radius 1 is 1.45 bits per heavy atom. The molecule has 0 unspecified atom stereocenters. The molecule has 0 radical (unpaired) electrons. The van der Waals surface area contributed by atoms with E-state index in [1.807, 2.05) is 23.7 Å². The van der Waals surface area contributed by atoms with Crippen molar-refractivity contribution in [2.75, 3.05) is 25.2 Å². The highest BCUT2D eigenvalue weighted by atomic mass is 32.2. The van der Waals surface area contributed by atoms with Crippen LogP contribution in [0.3, 0.4) is 0 Å². The lowest BCUT2D eigenvalue weighted by molar-refractivity contribution is -0.383. The Hall–Kier alpha value is -1.60. The third-order valence-electron chi connectivity index (χ3n) is 4.08. The Labute approximate surface area is 134 Å². The molecule has 22 heavy (non-hydrogen) atoms. The number of nitro groups is 1. The zero-order valence-corrected chi connectivity index (χ0v) is 13.6. The lowest BCUT2D eigenvalue weighted by atomic mass is 10.2. The van der Waals surface area contributed by atoms with Gasteiger partial charge in [-0.1, -0.05) is 12.1 Å². The maximum absolute atomic E-state index is 12.1. The molecule has 1 fully saturated rings. The summed E-state index contributed by atoms with van der Waals surface area (Å²) in [6.07, 6.45) is 5.49. The van der Waals surface area contributed by atoms with Gasteiger partial charge < -0.3 is 5.32 Å². The van der Waals surface area contributed by atoms with Gasteiger partial charge in [-0.2, -0.15) is 11.8 Å². The molecule has 1 N–H and O–H groups in total. The van der Waals surface area contributed by atoms with Gasteiger partial charge in [-0.15, -0.1) is 0 Å². The number of carbonyl (C=O) groups excluding carboxylic acids is 1. The second-order valence-electron chi connectivity index (χ2n) is 5.56. The van der Waals surface area contributed by atoms with Crippen LogP contribution in [0.25, 0.3) is 0 Å². The molecule has 2 rings (SSSR count). The number of hydrogen-bond donors (Lipinski definition) is 1. The molecule has 1 amide bonds. The zero-order chi connectivity index (χ0) is 16.1. The van der Waals surface area contributed by atoms with Crippen molar-refractivity contribution in [3.63, 3.8) is 0 Å². The minimum absolute atomic E-state index is 0.0817. The van der Waals surface area contributed by atoms with E-state index in [1.54, 1.807) is 18.2 Å². The Morgan fingerprint density at radius 2 is 2.18 bits per heavy atom. The molecule has 7 heteroatoms. The van der Waals surface area contributed by atoms with Crippen molar-refractivity contribution >= 4 is 29.0 Å². The minimum Gasteiger partial charge on any atom is -0.319 e. The maximum Gasteiger partial charge on any atom is 0.292 e. The highest BCUT2D eigenvalue weighted by Crippen LogP contribution is 2.31. The van der Waals surface area contributed by atoms with Crippen molar-refractivity contribution in [3.05, 3.63) is 34.4 Å². The largest absolute Gasteiger partial charge is 0.319 e. The average molecular weight is 323 g/mol. The van der Waals surface area contributed by atoms with Gasteiger partial charge in [-0.05, 0) is 38.6 Å². The zero-order valence-electron chi connectivity index (χ0n) is 12.8. The van der Waals surface area contributed by atoms with Gasteiger partial charge in [0.1, 0.15) is 5.69 Å². The van der Waals surface area contributed by atoms with Crippen LogP contribution >= 0.6 is 11.8 Å². The molecule has 120 valence electrons. The van der Waals surface area contributed by atoms with Crippen molar-refractivity contribution in [3.8, 4) is 0 Å². The van der Waals surface area contributed by atoms with Gasteiger partial charge in [0, 0.05) is 17.4 Å². The van der Waals surface area contributed by atoms with E-state index >= 15 is 0 Å². The van der Waals surface area contributed by atoms with Crippen molar-refractivity contribution < 1.29 is 9.72 Å². The van der Waals surface area contributed by atoms with Gasteiger partial charge in [-0.25, -0.2) is 0 Å². The van der Waals surface area contributed by atoms with E-state index < -0.39 is 4.92 Å². The Morgan fingerprint density at radius 3 is 2.82 bits per heavy atom. The maximum atomic E-state index is 12.1. The Bertz CT molecular complexity index is 553. The fourth-order valence-corrected chi connectivity index (χ4v) is 3.60. The van der Waals surface area contributed by atoms with Crippen LogP contribution in [0.5, 0.6) is 0 Å². The van der Waals surface area contributed by atoms with E-state index in [-0.39, 0.29) is 23.8 Å². The fraction of sp³-hybridized carbons (Fsp3) is 0.533. The monoisotopic (exact) mass is 323 g/mol. The SMILES string of the molecule is CS[C@H]1CC[C@@H](N(C)CC(=O)Nc2ccccc2[N+](=O)[O-])C1. The Balaban J connectivity index is 1.92. The van der Waals surface area contributed by atoms with Gasteiger partial charge >= 0.3 is 0 Å². The molecular weight excluding hydrogens is 302 g/mol. The normalized spacial score (nSPS) is 21.0. The number of nitrogens with zero attached hydrogens (tertiary/aromatic N) is 2. The number of hydrogen-bond acceptors (Lipinski definition) is 5. The second-order valence-corrected chi connectivity index (χ2v) is 6.70. The molecule has 0 bridgehead atoms. The van der Waals surface area contributed by atoms with Crippen LogP contribution in [-0.4, -0.2) is 46.9 Å². The van der Waals surface area contributed by atoms with Crippen LogP contribution in [0.15, 0.2) is 24.3 Å². The average Bonchev–Trinajstić information content (AvgIpc) is 2.96. The molecule has 0 spiro atoms. The summed E-state index contributed by atoms with van der Waals surface area (Å²) in [6, 6.07) is 6.61. The van der Waals surface area contributed by atoms with Crippen molar-refractivity contribution in [1.82, 2.24) is 4.90 Å². The predicted octanol–water partition coefficient (Wildman–Crippen LogP) is 2.75. The molecule has 0 aliphatic heterocycles. The summed E-state index contributed by atoms with van der Waals surface area (Å²) in [7, 11) is 1.94. The number of amides is 1. The van der Waals surface area contributed by atoms with Crippen LogP contribution in [0.2, 0.25) is 0 Å². The van der Waals surface area contributed by atoms with Crippen LogP contribution in [-0.2, 0) is 4.79 Å². The fourth-order valence-electron chi connectivity index (χ4n) is 2.82. The van der Waals surface area contributed by atoms with Crippen molar-refractivity contribution in [2.45, 2.75) is 30.6 Å². The molecule has 0 saturated heterocycles. The highest BCUT2D eigenvalue weighted by Gasteiger charge is 2.28. The van der Waals surface area contributed by atoms with Gasteiger partial charge in [0.25, 0.3) is 5.69 Å². The van der Waals surface area contributed by atoms with E-state index in [0.717, 1.165) is 12.8 Å². The molecule has 1 aromatic carbocycles. The molecule has 0 heterocycles. The van der Waals surface area contributed by atoms with Crippen LogP contribution in [0, 0.1) is 10.1 Å². The van der Waals surface area contributed by atoms with E-state index in [2.05, 4.69) is 11.6 Å². The first-order valence-electron chi connectivity index (χ1n) is 7.27. The van der Waals surface area contributed by atoms with Crippen molar-refractivity contribution in [1.29, 1.82) is 0 Å². The summed E-state index contributed by atoms with van der Waals surface area (Å²) in [5, 5.41) is 14.3. The second kappa shape index (κ2) is 7.60. The third kappa shape index (κ3) is 4.20. The smallest absolute Gasteiger partial charge is 0.292 e. The first-order chi connectivity index (χ1) is 10.5. The number of para-hydroxylation sites is 2.